The SMILES string of the molecule is O=C(NCc1cccc(COCc2ccccc2)c1)c1ccn(-c2ccc([N+](=O)[O-])cc2)n1. The van der Waals surface area contributed by atoms with Crippen molar-refractivity contribution in [1.29, 1.82) is 0 Å². The van der Waals surface area contributed by atoms with E-state index in [0.29, 0.717) is 25.4 Å². The van der Waals surface area contributed by atoms with Gasteiger partial charge in [0, 0.05) is 24.9 Å². The Morgan fingerprint density at radius 2 is 1.61 bits per heavy atom. The number of carbonyl (C=O) groups excluding carboxylic acids is 1. The van der Waals surface area contributed by atoms with Crippen LogP contribution in [0.3, 0.4) is 0 Å². The largest absolute Gasteiger partial charge is 0.372 e. The van der Waals surface area contributed by atoms with E-state index in [-0.39, 0.29) is 17.3 Å². The maximum Gasteiger partial charge on any atom is 0.272 e. The van der Waals surface area contributed by atoms with Crippen LogP contribution in [0.4, 0.5) is 5.69 Å². The molecule has 4 rings (SSSR count). The minimum absolute atomic E-state index is 0.00318. The molecule has 1 amide bonds. The fraction of sp³-hybridized carbons (Fsp3) is 0.120. The van der Waals surface area contributed by atoms with E-state index in [4.69, 9.17) is 4.74 Å². The van der Waals surface area contributed by atoms with Crippen molar-refractivity contribution in [2.24, 2.45) is 0 Å². The maximum absolute atomic E-state index is 12.5. The van der Waals surface area contributed by atoms with E-state index in [1.54, 1.807) is 24.4 Å². The first kappa shape index (κ1) is 21.9. The van der Waals surface area contributed by atoms with Crippen molar-refractivity contribution in [2.75, 3.05) is 0 Å². The number of nitro benzene ring substituents is 1. The number of non-ortho nitro benzene ring substituents is 1. The number of nitrogens with one attached hydrogen (secondary N) is 1. The fourth-order valence-electron chi connectivity index (χ4n) is 3.28. The van der Waals surface area contributed by atoms with Crippen LogP contribution < -0.4 is 5.32 Å². The summed E-state index contributed by atoms with van der Waals surface area (Å²) in [5, 5.41) is 17.9. The van der Waals surface area contributed by atoms with E-state index >= 15 is 0 Å². The van der Waals surface area contributed by atoms with Gasteiger partial charge < -0.3 is 10.1 Å². The molecule has 0 radical (unpaired) electrons. The van der Waals surface area contributed by atoms with E-state index in [1.807, 2.05) is 54.6 Å². The van der Waals surface area contributed by atoms with Gasteiger partial charge in [0.15, 0.2) is 5.69 Å². The van der Waals surface area contributed by atoms with Gasteiger partial charge in [-0.3, -0.25) is 14.9 Å². The Balaban J connectivity index is 1.30. The Hall–Kier alpha value is -4.30. The zero-order valence-electron chi connectivity index (χ0n) is 17.8. The molecule has 0 spiro atoms. The molecule has 0 atom stereocenters. The number of benzene rings is 3. The lowest BCUT2D eigenvalue weighted by Gasteiger charge is -2.08. The summed E-state index contributed by atoms with van der Waals surface area (Å²) >= 11 is 0. The molecule has 0 aliphatic rings. The summed E-state index contributed by atoms with van der Waals surface area (Å²) in [6.45, 7) is 1.38. The van der Waals surface area contributed by atoms with Crippen LogP contribution in [0.15, 0.2) is 91.1 Å². The molecule has 8 nitrogen and oxygen atoms in total. The number of hydrogen-bond donors (Lipinski definition) is 1. The lowest BCUT2D eigenvalue weighted by atomic mass is 10.1. The number of amides is 1. The molecule has 4 aromatic rings. The first-order valence-corrected chi connectivity index (χ1v) is 10.4. The molecule has 1 heterocycles. The van der Waals surface area contributed by atoms with Gasteiger partial charge in [-0.25, -0.2) is 4.68 Å². The Morgan fingerprint density at radius 1 is 0.909 bits per heavy atom. The smallest absolute Gasteiger partial charge is 0.272 e. The first-order valence-electron chi connectivity index (χ1n) is 10.4. The van der Waals surface area contributed by atoms with Crippen molar-refractivity contribution in [3.63, 3.8) is 0 Å². The zero-order valence-corrected chi connectivity index (χ0v) is 17.8. The molecular weight excluding hydrogens is 420 g/mol. The van der Waals surface area contributed by atoms with Crippen LogP contribution in [0, 0.1) is 10.1 Å². The molecule has 1 aromatic heterocycles. The number of nitrogens with zero attached hydrogens (tertiary/aromatic N) is 3. The van der Waals surface area contributed by atoms with Crippen LogP contribution in [-0.4, -0.2) is 20.6 Å². The molecule has 0 saturated carbocycles. The molecular formula is C25H22N4O4. The summed E-state index contributed by atoms with van der Waals surface area (Å²) in [5.41, 5.74) is 3.99. The number of hydrogen-bond acceptors (Lipinski definition) is 5. The molecule has 0 aliphatic carbocycles. The standard InChI is InChI=1S/C25H22N4O4/c30-25(24-13-14-28(27-24)22-9-11-23(12-10-22)29(31)32)26-16-20-7-4-8-21(15-20)18-33-17-19-5-2-1-3-6-19/h1-15H,16-18H2,(H,26,30). The van der Waals surface area contributed by atoms with Gasteiger partial charge in [-0.15, -0.1) is 0 Å². The van der Waals surface area contributed by atoms with Crippen molar-refractivity contribution in [1.82, 2.24) is 15.1 Å². The summed E-state index contributed by atoms with van der Waals surface area (Å²) in [6.07, 6.45) is 1.64. The maximum atomic E-state index is 12.5. The number of rotatable bonds is 9. The van der Waals surface area contributed by atoms with Gasteiger partial charge in [0.05, 0.1) is 23.8 Å². The second-order valence-electron chi connectivity index (χ2n) is 7.40. The third-order valence-corrected chi connectivity index (χ3v) is 4.97. The van der Waals surface area contributed by atoms with E-state index in [2.05, 4.69) is 10.4 Å². The molecule has 3 aromatic carbocycles. The van der Waals surface area contributed by atoms with Gasteiger partial charge in [0.25, 0.3) is 11.6 Å². The number of ether oxygens (including phenoxy) is 1. The van der Waals surface area contributed by atoms with Crippen LogP contribution in [0.2, 0.25) is 0 Å². The average molecular weight is 442 g/mol. The molecule has 0 saturated heterocycles. The topological polar surface area (TPSA) is 99.3 Å². The quantitative estimate of drug-likeness (QED) is 0.305. The molecule has 8 heteroatoms. The Kier molecular flexibility index (Phi) is 6.87. The van der Waals surface area contributed by atoms with E-state index in [9.17, 15) is 14.9 Å². The van der Waals surface area contributed by atoms with Crippen molar-refractivity contribution >= 4 is 11.6 Å². The van der Waals surface area contributed by atoms with Crippen LogP contribution in [0.5, 0.6) is 0 Å². The summed E-state index contributed by atoms with van der Waals surface area (Å²) in [5.74, 6) is -0.304. The van der Waals surface area contributed by atoms with Gasteiger partial charge in [-0.1, -0.05) is 54.6 Å². The van der Waals surface area contributed by atoms with Gasteiger partial charge in [-0.2, -0.15) is 5.10 Å². The molecule has 166 valence electrons. The van der Waals surface area contributed by atoms with Gasteiger partial charge in [-0.05, 0) is 34.9 Å². The monoisotopic (exact) mass is 442 g/mol. The van der Waals surface area contributed by atoms with E-state index < -0.39 is 4.92 Å². The Bertz CT molecular complexity index is 1240. The van der Waals surface area contributed by atoms with Crippen molar-refractivity contribution in [3.8, 4) is 5.69 Å². The molecule has 33 heavy (non-hydrogen) atoms. The highest BCUT2D eigenvalue weighted by molar-refractivity contribution is 5.92. The third-order valence-electron chi connectivity index (χ3n) is 4.97. The van der Waals surface area contributed by atoms with Gasteiger partial charge in [0.1, 0.15) is 0 Å². The minimum Gasteiger partial charge on any atom is -0.372 e. The minimum atomic E-state index is -0.462. The molecule has 0 fully saturated rings. The van der Waals surface area contributed by atoms with Crippen LogP contribution >= 0.6 is 0 Å². The molecule has 0 aliphatic heterocycles. The first-order chi connectivity index (χ1) is 16.1. The molecule has 0 bridgehead atoms. The number of nitro groups is 1. The molecule has 1 N–H and O–H groups in total. The summed E-state index contributed by atoms with van der Waals surface area (Å²) in [6, 6.07) is 25.4. The van der Waals surface area contributed by atoms with Crippen molar-refractivity contribution in [2.45, 2.75) is 19.8 Å². The Morgan fingerprint density at radius 3 is 2.36 bits per heavy atom. The second kappa shape index (κ2) is 10.3. The average Bonchev–Trinajstić information content (AvgIpc) is 3.34. The Labute approximate surface area is 190 Å². The predicted molar refractivity (Wildman–Crippen MR) is 123 cm³/mol. The van der Waals surface area contributed by atoms with Crippen molar-refractivity contribution in [3.05, 3.63) is 124 Å². The van der Waals surface area contributed by atoms with Crippen molar-refractivity contribution < 1.29 is 14.5 Å². The molecule has 0 unspecified atom stereocenters. The number of carbonyl (C=O) groups is 1. The highest BCUT2D eigenvalue weighted by atomic mass is 16.6. The zero-order chi connectivity index (χ0) is 23.0. The van der Waals surface area contributed by atoms with E-state index in [0.717, 1.165) is 16.7 Å². The van der Waals surface area contributed by atoms with Crippen LogP contribution in [0.25, 0.3) is 5.69 Å². The highest BCUT2D eigenvalue weighted by Gasteiger charge is 2.11. The fourth-order valence-corrected chi connectivity index (χ4v) is 3.28. The van der Waals surface area contributed by atoms with Gasteiger partial charge >= 0.3 is 0 Å². The van der Waals surface area contributed by atoms with E-state index in [1.165, 1.54) is 16.8 Å². The highest BCUT2D eigenvalue weighted by Crippen LogP contribution is 2.15. The summed E-state index contributed by atoms with van der Waals surface area (Å²) < 4.78 is 7.29. The third kappa shape index (κ3) is 5.90. The lowest BCUT2D eigenvalue weighted by Crippen LogP contribution is -2.23. The van der Waals surface area contributed by atoms with Crippen LogP contribution in [-0.2, 0) is 24.5 Å². The van der Waals surface area contributed by atoms with Crippen LogP contribution in [0.1, 0.15) is 27.2 Å². The normalized spacial score (nSPS) is 10.7. The summed E-state index contributed by atoms with van der Waals surface area (Å²) in [7, 11) is 0. The summed E-state index contributed by atoms with van der Waals surface area (Å²) in [4.78, 5) is 22.8. The lowest BCUT2D eigenvalue weighted by molar-refractivity contribution is -0.384. The second-order valence-corrected chi connectivity index (χ2v) is 7.40. The van der Waals surface area contributed by atoms with Gasteiger partial charge in [0.2, 0.25) is 0 Å². The number of aromatic nitrogens is 2. The predicted octanol–water partition coefficient (Wildman–Crippen LogP) is 4.43.